The van der Waals surface area contributed by atoms with Crippen molar-refractivity contribution < 1.29 is 4.79 Å². The molecule has 1 heterocycles. The number of nitrogens with zero attached hydrogens (tertiary/aromatic N) is 3. The van der Waals surface area contributed by atoms with E-state index in [1.165, 1.54) is 4.90 Å². The molecule has 25 heavy (non-hydrogen) atoms. The van der Waals surface area contributed by atoms with Crippen LogP contribution in [0.4, 0.5) is 0 Å². The SMILES string of the molecule is CN(C)C(=O)c1cc(-c2ccc(Cl)cc2)n(-c2ccc(Cl)cc2Cl)n1. The Morgan fingerprint density at radius 2 is 1.60 bits per heavy atom. The van der Waals surface area contributed by atoms with Crippen LogP contribution < -0.4 is 0 Å². The van der Waals surface area contributed by atoms with E-state index in [-0.39, 0.29) is 5.91 Å². The quantitative estimate of drug-likeness (QED) is 0.612. The number of hydrogen-bond acceptors (Lipinski definition) is 2. The van der Waals surface area contributed by atoms with Crippen LogP contribution in [-0.2, 0) is 0 Å². The van der Waals surface area contributed by atoms with Crippen LogP contribution in [0.25, 0.3) is 16.9 Å². The van der Waals surface area contributed by atoms with Crippen LogP contribution in [0.2, 0.25) is 15.1 Å². The predicted octanol–water partition coefficient (Wildman–Crippen LogP) is 5.20. The summed E-state index contributed by atoms with van der Waals surface area (Å²) in [5, 5.41) is 6.05. The van der Waals surface area contributed by atoms with Gasteiger partial charge in [0.25, 0.3) is 5.91 Å². The summed E-state index contributed by atoms with van der Waals surface area (Å²) >= 11 is 18.3. The van der Waals surface area contributed by atoms with Crippen molar-refractivity contribution >= 4 is 40.7 Å². The molecule has 0 radical (unpaired) electrons. The molecule has 1 aromatic heterocycles. The first kappa shape index (κ1) is 17.8. The highest BCUT2D eigenvalue weighted by Crippen LogP contribution is 2.30. The average molecular weight is 395 g/mol. The minimum Gasteiger partial charge on any atom is -0.343 e. The predicted molar refractivity (Wildman–Crippen MR) is 102 cm³/mol. The van der Waals surface area contributed by atoms with Crippen molar-refractivity contribution in [1.82, 2.24) is 14.7 Å². The van der Waals surface area contributed by atoms with Crippen molar-refractivity contribution in [3.8, 4) is 16.9 Å². The summed E-state index contributed by atoms with van der Waals surface area (Å²) in [6.07, 6.45) is 0. The average Bonchev–Trinajstić information content (AvgIpc) is 2.99. The molecule has 0 N–H and O–H groups in total. The van der Waals surface area contributed by atoms with Crippen molar-refractivity contribution in [3.63, 3.8) is 0 Å². The van der Waals surface area contributed by atoms with Gasteiger partial charge in [-0.25, -0.2) is 4.68 Å². The van der Waals surface area contributed by atoms with Crippen LogP contribution in [-0.4, -0.2) is 34.7 Å². The third-order valence-corrected chi connectivity index (χ3v) is 4.40. The van der Waals surface area contributed by atoms with E-state index >= 15 is 0 Å². The van der Waals surface area contributed by atoms with Gasteiger partial charge < -0.3 is 4.90 Å². The third kappa shape index (κ3) is 3.66. The zero-order valence-electron chi connectivity index (χ0n) is 13.5. The number of amides is 1. The molecule has 0 saturated heterocycles. The number of carbonyl (C=O) groups excluding carboxylic acids is 1. The number of halogens is 3. The lowest BCUT2D eigenvalue weighted by molar-refractivity contribution is 0.0821. The number of carbonyl (C=O) groups is 1. The number of benzene rings is 2. The van der Waals surface area contributed by atoms with E-state index in [2.05, 4.69) is 5.10 Å². The Morgan fingerprint density at radius 1 is 0.960 bits per heavy atom. The number of rotatable bonds is 3. The fraction of sp³-hybridized carbons (Fsp3) is 0.111. The van der Waals surface area contributed by atoms with Crippen LogP contribution in [0.3, 0.4) is 0 Å². The molecule has 4 nitrogen and oxygen atoms in total. The standard InChI is InChI=1S/C18H14Cl3N3O/c1-23(2)18(25)15-10-17(11-3-5-12(19)6-4-11)24(22-15)16-8-7-13(20)9-14(16)21/h3-10H,1-2H3. The van der Waals surface area contributed by atoms with E-state index in [0.29, 0.717) is 26.4 Å². The fourth-order valence-corrected chi connectivity index (χ4v) is 2.99. The molecule has 3 aromatic rings. The summed E-state index contributed by atoms with van der Waals surface area (Å²) < 4.78 is 1.64. The zero-order chi connectivity index (χ0) is 18.1. The Balaban J connectivity index is 2.21. The van der Waals surface area contributed by atoms with Crippen molar-refractivity contribution in [2.45, 2.75) is 0 Å². The first-order valence-electron chi connectivity index (χ1n) is 7.40. The maximum atomic E-state index is 12.3. The molecule has 2 aromatic carbocycles. The Hall–Kier alpha value is -2.01. The lowest BCUT2D eigenvalue weighted by atomic mass is 10.1. The zero-order valence-corrected chi connectivity index (χ0v) is 15.8. The van der Waals surface area contributed by atoms with E-state index in [1.54, 1.807) is 55.2 Å². The molecule has 0 fully saturated rings. The molecular weight excluding hydrogens is 381 g/mol. The van der Waals surface area contributed by atoms with Crippen molar-refractivity contribution in [3.05, 3.63) is 69.3 Å². The maximum absolute atomic E-state index is 12.3. The fourth-order valence-electron chi connectivity index (χ4n) is 2.38. The summed E-state index contributed by atoms with van der Waals surface area (Å²) in [6.45, 7) is 0. The molecule has 0 spiro atoms. The molecule has 128 valence electrons. The first-order valence-corrected chi connectivity index (χ1v) is 8.53. The Bertz CT molecular complexity index is 933. The Labute approximate surface area is 160 Å². The van der Waals surface area contributed by atoms with E-state index < -0.39 is 0 Å². The summed E-state index contributed by atoms with van der Waals surface area (Å²) in [4.78, 5) is 13.8. The lowest BCUT2D eigenvalue weighted by Crippen LogP contribution is -2.22. The molecular formula is C18H14Cl3N3O. The van der Waals surface area contributed by atoms with Gasteiger partial charge in [-0.2, -0.15) is 5.10 Å². The molecule has 7 heteroatoms. The molecule has 0 bridgehead atoms. The first-order chi connectivity index (χ1) is 11.9. The summed E-state index contributed by atoms with van der Waals surface area (Å²) in [6, 6.07) is 14.2. The van der Waals surface area contributed by atoms with Gasteiger partial charge in [-0.05, 0) is 36.4 Å². The van der Waals surface area contributed by atoms with Gasteiger partial charge >= 0.3 is 0 Å². The molecule has 0 aliphatic heterocycles. The second-order valence-corrected chi connectivity index (χ2v) is 6.91. The van der Waals surface area contributed by atoms with Gasteiger partial charge in [-0.15, -0.1) is 0 Å². The molecule has 1 amide bonds. The smallest absolute Gasteiger partial charge is 0.273 e. The lowest BCUT2D eigenvalue weighted by Gasteiger charge is -2.10. The number of hydrogen-bond donors (Lipinski definition) is 0. The minimum absolute atomic E-state index is 0.195. The third-order valence-electron chi connectivity index (χ3n) is 3.61. The van der Waals surface area contributed by atoms with Gasteiger partial charge in [-0.1, -0.05) is 46.9 Å². The van der Waals surface area contributed by atoms with Crippen LogP contribution in [0.1, 0.15) is 10.5 Å². The normalized spacial score (nSPS) is 10.8. The number of aromatic nitrogens is 2. The Morgan fingerprint density at radius 3 is 2.20 bits per heavy atom. The van der Waals surface area contributed by atoms with Crippen molar-refractivity contribution in [2.75, 3.05) is 14.1 Å². The van der Waals surface area contributed by atoms with E-state index in [0.717, 1.165) is 11.3 Å². The molecule has 0 atom stereocenters. The van der Waals surface area contributed by atoms with Gasteiger partial charge in [-0.3, -0.25) is 4.79 Å². The van der Waals surface area contributed by atoms with Gasteiger partial charge in [0.2, 0.25) is 0 Å². The second kappa shape index (κ2) is 7.08. The molecule has 0 aliphatic rings. The molecule has 0 unspecified atom stereocenters. The largest absolute Gasteiger partial charge is 0.343 e. The topological polar surface area (TPSA) is 38.1 Å². The monoisotopic (exact) mass is 393 g/mol. The van der Waals surface area contributed by atoms with Crippen LogP contribution >= 0.6 is 34.8 Å². The Kier molecular flexibility index (Phi) is 5.04. The second-order valence-electron chi connectivity index (χ2n) is 5.63. The van der Waals surface area contributed by atoms with Crippen LogP contribution in [0.5, 0.6) is 0 Å². The maximum Gasteiger partial charge on any atom is 0.273 e. The van der Waals surface area contributed by atoms with Gasteiger partial charge in [0.1, 0.15) is 0 Å². The molecule has 3 rings (SSSR count). The van der Waals surface area contributed by atoms with Gasteiger partial charge in [0.15, 0.2) is 5.69 Å². The van der Waals surface area contributed by atoms with Crippen LogP contribution in [0.15, 0.2) is 48.5 Å². The van der Waals surface area contributed by atoms with E-state index in [4.69, 9.17) is 34.8 Å². The minimum atomic E-state index is -0.195. The summed E-state index contributed by atoms with van der Waals surface area (Å²) in [7, 11) is 3.36. The van der Waals surface area contributed by atoms with E-state index in [9.17, 15) is 4.79 Å². The summed E-state index contributed by atoms with van der Waals surface area (Å²) in [5.74, 6) is -0.195. The highest BCUT2D eigenvalue weighted by Gasteiger charge is 2.19. The molecule has 0 aliphatic carbocycles. The highest BCUT2D eigenvalue weighted by molar-refractivity contribution is 6.35. The van der Waals surface area contributed by atoms with Crippen molar-refractivity contribution in [2.24, 2.45) is 0 Å². The van der Waals surface area contributed by atoms with Gasteiger partial charge in [0.05, 0.1) is 16.4 Å². The highest BCUT2D eigenvalue weighted by atomic mass is 35.5. The molecule has 0 saturated carbocycles. The van der Waals surface area contributed by atoms with Crippen LogP contribution in [0, 0.1) is 0 Å². The van der Waals surface area contributed by atoms with E-state index in [1.807, 2.05) is 12.1 Å². The summed E-state index contributed by atoms with van der Waals surface area (Å²) in [5.41, 5.74) is 2.54. The van der Waals surface area contributed by atoms with Crippen molar-refractivity contribution in [1.29, 1.82) is 0 Å². The van der Waals surface area contributed by atoms with Gasteiger partial charge in [0, 0.05) is 29.7 Å².